The van der Waals surface area contributed by atoms with Gasteiger partial charge in [0.25, 0.3) is 0 Å². The highest BCUT2D eigenvalue weighted by Gasteiger charge is 2.27. The van der Waals surface area contributed by atoms with E-state index in [9.17, 15) is 0 Å². The van der Waals surface area contributed by atoms with Crippen LogP contribution in [-0.4, -0.2) is 35.7 Å². The van der Waals surface area contributed by atoms with Gasteiger partial charge in [-0.05, 0) is 57.6 Å². The summed E-state index contributed by atoms with van der Waals surface area (Å²) in [6.07, 6.45) is 3.16. The lowest BCUT2D eigenvalue weighted by atomic mass is 9.96. The Bertz CT molecular complexity index is 1070. The van der Waals surface area contributed by atoms with E-state index in [-0.39, 0.29) is 11.6 Å². The Morgan fingerprint density at radius 2 is 1.68 bits per heavy atom. The van der Waals surface area contributed by atoms with Crippen molar-refractivity contribution in [2.45, 2.75) is 71.5 Å². The van der Waals surface area contributed by atoms with Crippen molar-refractivity contribution < 1.29 is 0 Å². The molecule has 1 aromatic heterocycles. The predicted octanol–water partition coefficient (Wildman–Crippen LogP) is 6.82. The van der Waals surface area contributed by atoms with Crippen LogP contribution in [0.15, 0.2) is 60.7 Å². The molecule has 1 aliphatic rings. The molecule has 3 aromatic rings. The molecule has 4 rings (SSSR count). The van der Waals surface area contributed by atoms with Crippen LogP contribution in [0.5, 0.6) is 0 Å². The molecule has 0 radical (unpaired) electrons. The Morgan fingerprint density at radius 3 is 2.32 bits per heavy atom. The summed E-state index contributed by atoms with van der Waals surface area (Å²) < 4.78 is 1.88. The minimum atomic E-state index is 0.146. The Morgan fingerprint density at radius 1 is 1.03 bits per heavy atom. The van der Waals surface area contributed by atoms with Gasteiger partial charge in [0, 0.05) is 53.6 Å². The van der Waals surface area contributed by atoms with Crippen LogP contribution < -0.4 is 14.6 Å². The van der Waals surface area contributed by atoms with Crippen LogP contribution in [0.3, 0.4) is 0 Å². The SMILES string of the molecule is CC(C)C(Cc1ccccc1)N(Cl)c1cc(N2CCC(NC(C)(C)C)CC2)c2ccccc2n1. The molecule has 2 aromatic carbocycles. The van der Waals surface area contributed by atoms with Crippen molar-refractivity contribution in [1.29, 1.82) is 0 Å². The third-order valence-corrected chi connectivity index (χ3v) is 7.14. The first-order valence-corrected chi connectivity index (χ1v) is 13.0. The number of nitrogens with one attached hydrogen (secondary N) is 1. The maximum Gasteiger partial charge on any atom is 0.146 e. The van der Waals surface area contributed by atoms with E-state index >= 15 is 0 Å². The van der Waals surface area contributed by atoms with Gasteiger partial charge in [-0.1, -0.05) is 62.4 Å². The van der Waals surface area contributed by atoms with Gasteiger partial charge in [0.1, 0.15) is 5.82 Å². The summed E-state index contributed by atoms with van der Waals surface area (Å²) in [5, 5.41) is 4.98. The van der Waals surface area contributed by atoms with Crippen LogP contribution in [-0.2, 0) is 6.42 Å². The number of para-hydroxylation sites is 1. The topological polar surface area (TPSA) is 31.4 Å². The lowest BCUT2D eigenvalue weighted by Crippen LogP contribution is -2.49. The quantitative estimate of drug-likeness (QED) is 0.377. The number of fused-ring (bicyclic) bond motifs is 1. The average molecular weight is 479 g/mol. The van der Waals surface area contributed by atoms with Gasteiger partial charge in [0.05, 0.1) is 11.6 Å². The molecule has 1 N–H and O–H groups in total. The van der Waals surface area contributed by atoms with Crippen LogP contribution in [0, 0.1) is 5.92 Å². The molecule has 1 atom stereocenters. The Labute approximate surface area is 210 Å². The fraction of sp³-hybridized carbons (Fsp3) is 0.483. The summed E-state index contributed by atoms with van der Waals surface area (Å²) in [7, 11) is 0. The molecule has 0 amide bonds. The summed E-state index contributed by atoms with van der Waals surface area (Å²) in [6.45, 7) is 13.3. The number of hydrogen-bond donors (Lipinski definition) is 1. The molecule has 1 aliphatic heterocycles. The van der Waals surface area contributed by atoms with Gasteiger partial charge in [-0.25, -0.2) is 4.98 Å². The predicted molar refractivity (Wildman–Crippen MR) is 147 cm³/mol. The zero-order chi connectivity index (χ0) is 24.3. The molecule has 4 nitrogen and oxygen atoms in total. The highest BCUT2D eigenvalue weighted by molar-refractivity contribution is 6.26. The lowest BCUT2D eigenvalue weighted by Gasteiger charge is -2.38. The number of anilines is 2. The van der Waals surface area contributed by atoms with Crippen LogP contribution in [0.1, 0.15) is 53.0 Å². The smallest absolute Gasteiger partial charge is 0.146 e. The molecule has 2 heterocycles. The third-order valence-electron chi connectivity index (χ3n) is 6.72. The van der Waals surface area contributed by atoms with Crippen LogP contribution in [0.25, 0.3) is 10.9 Å². The number of aromatic nitrogens is 1. The normalized spacial score (nSPS) is 16.3. The van der Waals surface area contributed by atoms with Gasteiger partial charge < -0.3 is 10.2 Å². The fourth-order valence-corrected chi connectivity index (χ4v) is 5.38. The van der Waals surface area contributed by atoms with Crippen LogP contribution in [0.4, 0.5) is 11.5 Å². The second-order valence-electron chi connectivity index (χ2n) is 11.0. The monoisotopic (exact) mass is 478 g/mol. The molecular formula is C29H39ClN4. The molecule has 0 saturated carbocycles. The summed E-state index contributed by atoms with van der Waals surface area (Å²) in [5.74, 6) is 1.22. The first-order chi connectivity index (χ1) is 16.2. The van der Waals surface area contributed by atoms with E-state index in [0.717, 1.165) is 43.7 Å². The second kappa shape index (κ2) is 10.5. The molecule has 34 heavy (non-hydrogen) atoms. The fourth-order valence-electron chi connectivity index (χ4n) is 4.99. The summed E-state index contributed by atoms with van der Waals surface area (Å²) in [6, 6.07) is 22.0. The average Bonchev–Trinajstić information content (AvgIpc) is 2.81. The van der Waals surface area contributed by atoms with Gasteiger partial charge in [0.2, 0.25) is 0 Å². The van der Waals surface area contributed by atoms with Crippen molar-refractivity contribution in [3.8, 4) is 0 Å². The summed E-state index contributed by atoms with van der Waals surface area (Å²) in [5.41, 5.74) is 3.68. The van der Waals surface area contributed by atoms with Crippen molar-refractivity contribution >= 4 is 34.2 Å². The Hall–Kier alpha value is -2.30. The minimum absolute atomic E-state index is 0.146. The van der Waals surface area contributed by atoms with Crippen molar-refractivity contribution in [1.82, 2.24) is 10.3 Å². The number of piperidine rings is 1. The molecule has 0 aliphatic carbocycles. The van der Waals surface area contributed by atoms with Gasteiger partial charge in [-0.2, -0.15) is 0 Å². The first kappa shape index (κ1) is 24.8. The standard InChI is InChI=1S/C29H39ClN4/c1-21(2)26(19-22-11-7-6-8-12-22)34(30)28-20-27(24-13-9-10-14-25(24)31-28)33-17-15-23(16-18-33)32-29(3,4)5/h6-14,20-21,23,26,32H,15-19H2,1-5H3. The van der Waals surface area contributed by atoms with E-state index in [1.165, 1.54) is 16.6 Å². The highest BCUT2D eigenvalue weighted by atomic mass is 35.5. The maximum atomic E-state index is 7.07. The van der Waals surface area contributed by atoms with E-state index in [1.54, 1.807) is 0 Å². The first-order valence-electron chi connectivity index (χ1n) is 12.6. The lowest BCUT2D eigenvalue weighted by molar-refractivity contribution is 0.317. The third kappa shape index (κ3) is 6.03. The van der Waals surface area contributed by atoms with Crippen molar-refractivity contribution in [3.05, 3.63) is 66.2 Å². The minimum Gasteiger partial charge on any atom is -0.371 e. The number of benzene rings is 2. The van der Waals surface area contributed by atoms with E-state index in [0.29, 0.717) is 12.0 Å². The van der Waals surface area contributed by atoms with Gasteiger partial charge in [-0.3, -0.25) is 4.42 Å². The number of nitrogens with zero attached hydrogens (tertiary/aromatic N) is 3. The zero-order valence-electron chi connectivity index (χ0n) is 21.3. The Kier molecular flexibility index (Phi) is 7.69. The molecule has 0 spiro atoms. The molecule has 1 fully saturated rings. The zero-order valence-corrected chi connectivity index (χ0v) is 22.0. The van der Waals surface area contributed by atoms with Crippen LogP contribution >= 0.6 is 11.8 Å². The van der Waals surface area contributed by atoms with Gasteiger partial charge in [0.15, 0.2) is 0 Å². The van der Waals surface area contributed by atoms with Gasteiger partial charge >= 0.3 is 0 Å². The number of pyridine rings is 1. The molecule has 5 heteroatoms. The largest absolute Gasteiger partial charge is 0.371 e. The van der Waals surface area contributed by atoms with Crippen LogP contribution in [0.2, 0.25) is 0 Å². The van der Waals surface area contributed by atoms with Gasteiger partial charge in [-0.15, -0.1) is 0 Å². The molecule has 182 valence electrons. The molecule has 1 unspecified atom stereocenters. The molecule has 1 saturated heterocycles. The molecular weight excluding hydrogens is 440 g/mol. The number of halogens is 1. The number of rotatable bonds is 7. The summed E-state index contributed by atoms with van der Waals surface area (Å²) in [4.78, 5) is 7.51. The maximum absolute atomic E-state index is 7.07. The van der Waals surface area contributed by atoms with Crippen molar-refractivity contribution in [3.63, 3.8) is 0 Å². The van der Waals surface area contributed by atoms with Crippen molar-refractivity contribution in [2.75, 3.05) is 22.4 Å². The number of hydrogen-bond acceptors (Lipinski definition) is 4. The highest BCUT2D eigenvalue weighted by Crippen LogP contribution is 2.34. The second-order valence-corrected chi connectivity index (χ2v) is 11.3. The van der Waals surface area contributed by atoms with E-state index in [1.807, 2.05) is 4.42 Å². The molecule has 0 bridgehead atoms. The summed E-state index contributed by atoms with van der Waals surface area (Å²) >= 11 is 7.07. The van der Waals surface area contributed by atoms with E-state index < -0.39 is 0 Å². The Balaban J connectivity index is 1.62. The van der Waals surface area contributed by atoms with E-state index in [4.69, 9.17) is 16.8 Å². The van der Waals surface area contributed by atoms with E-state index in [2.05, 4.69) is 105 Å². The van der Waals surface area contributed by atoms with Crippen molar-refractivity contribution in [2.24, 2.45) is 5.92 Å².